The predicted octanol–water partition coefficient (Wildman–Crippen LogP) is 12.1. The Morgan fingerprint density at radius 2 is 1.05 bits per heavy atom. The summed E-state index contributed by atoms with van der Waals surface area (Å²) in [5.41, 5.74) is 0. The van der Waals surface area contributed by atoms with Crippen LogP contribution in [0.4, 0.5) is 0 Å². The van der Waals surface area contributed by atoms with Gasteiger partial charge in [0.25, 0.3) is 7.82 Å². The molecule has 0 amide bonds. The number of quaternary nitrogens is 1. The molecule has 0 spiro atoms. The number of nitrogens with zero attached hydrogens (tertiary/aromatic N) is 1. The number of allylic oxidation sites excluding steroid dienone is 12. The van der Waals surface area contributed by atoms with Crippen molar-refractivity contribution in [2.45, 2.75) is 161 Å². The van der Waals surface area contributed by atoms with Crippen LogP contribution in [0.5, 0.6) is 0 Å². The van der Waals surface area contributed by atoms with Crippen LogP contribution in [0.3, 0.4) is 0 Å². The van der Waals surface area contributed by atoms with Crippen molar-refractivity contribution < 1.29 is 37.3 Å². The Balaban J connectivity index is 4.09. The highest BCUT2D eigenvalue weighted by Gasteiger charge is 2.20. The van der Waals surface area contributed by atoms with E-state index in [1.165, 1.54) is 51.4 Å². The molecule has 0 saturated heterocycles. The summed E-state index contributed by atoms with van der Waals surface area (Å²) in [5, 5.41) is 0. The topological polar surface area (TPSA) is 94.1 Å². The Kier molecular flexibility index (Phi) is 37.3. The number of likely N-dealkylation sites (N-methyl/N-ethyl adjacent to an activating group) is 1. The van der Waals surface area contributed by atoms with Gasteiger partial charge in [0.1, 0.15) is 19.3 Å². The molecule has 0 aromatic heterocycles. The van der Waals surface area contributed by atoms with Gasteiger partial charge in [-0.2, -0.15) is 0 Å². The van der Waals surface area contributed by atoms with Gasteiger partial charge < -0.3 is 27.9 Å². The van der Waals surface area contributed by atoms with Crippen LogP contribution >= 0.6 is 7.82 Å². The van der Waals surface area contributed by atoms with Crippen molar-refractivity contribution in [2.24, 2.45) is 0 Å². The van der Waals surface area contributed by atoms with Gasteiger partial charge in [-0.3, -0.25) is 9.36 Å². The fraction of sp³-hybridized carbons (Fsp3) is 0.717. The monoisotopic (exact) mass is 792 g/mol. The molecular formula is C46H82NO7P. The number of carbonyl (C=O) groups is 1. The summed E-state index contributed by atoms with van der Waals surface area (Å²) in [5.74, 6) is -0.349. The summed E-state index contributed by atoms with van der Waals surface area (Å²) in [4.78, 5) is 24.8. The molecular weight excluding hydrogens is 709 g/mol. The van der Waals surface area contributed by atoms with E-state index in [4.69, 9.17) is 18.5 Å². The molecule has 2 unspecified atom stereocenters. The standard InChI is InChI=1S/C46H82NO7P/c1-6-8-10-12-14-15-16-17-18-19-20-21-22-23-24-25-26-27-28-29-30-31-32-34-36-38-41-51-43-45(44-53-55(49,50)52-42-40-47(3,4)5)54-46(48)39-37-35-33-13-11-9-7-2/h8,10,14-15,17-18,20-21,23-24,26-27,45H,6-7,9,11-13,16,19,22,25,28-44H2,1-5H3/b10-8-,15-14-,18-17-,21-20-,24-23-,27-26-. The number of carbonyl (C=O) groups excluding carboxylic acids is 1. The van der Waals surface area contributed by atoms with Gasteiger partial charge in [0.05, 0.1) is 34.4 Å². The van der Waals surface area contributed by atoms with Gasteiger partial charge in [-0.05, 0) is 64.2 Å². The number of hydrogen-bond donors (Lipinski definition) is 0. The lowest BCUT2D eigenvalue weighted by atomic mass is 10.1. The minimum Gasteiger partial charge on any atom is -0.756 e. The van der Waals surface area contributed by atoms with Gasteiger partial charge in [0.15, 0.2) is 0 Å². The molecule has 0 rings (SSSR count). The largest absolute Gasteiger partial charge is 0.756 e. The second-order valence-electron chi connectivity index (χ2n) is 15.3. The Bertz CT molecular complexity index is 1110. The number of ether oxygens (including phenoxy) is 2. The molecule has 0 N–H and O–H groups in total. The summed E-state index contributed by atoms with van der Waals surface area (Å²) in [6.07, 6.45) is 49.4. The van der Waals surface area contributed by atoms with Gasteiger partial charge in [0, 0.05) is 13.0 Å². The van der Waals surface area contributed by atoms with Crippen LogP contribution in [-0.4, -0.2) is 70.7 Å². The third-order valence-electron chi connectivity index (χ3n) is 8.77. The molecule has 0 fully saturated rings. The van der Waals surface area contributed by atoms with Gasteiger partial charge in [-0.25, -0.2) is 0 Å². The molecule has 0 heterocycles. The first kappa shape index (κ1) is 52.9. The summed E-state index contributed by atoms with van der Waals surface area (Å²) < 4.78 is 34.4. The fourth-order valence-corrected chi connectivity index (χ4v) is 6.16. The van der Waals surface area contributed by atoms with E-state index in [-0.39, 0.29) is 25.8 Å². The van der Waals surface area contributed by atoms with E-state index in [9.17, 15) is 14.3 Å². The minimum absolute atomic E-state index is 0.0208. The summed E-state index contributed by atoms with van der Waals surface area (Å²) >= 11 is 0. The SMILES string of the molecule is CC/C=C\C/C=C\C/C=C\C/C=C\C/C=C\C/C=C\CCCCCCCCCOCC(COP(=O)([O-])OCC[N+](C)(C)C)OC(=O)CCCCCCCCC. The Morgan fingerprint density at radius 3 is 1.58 bits per heavy atom. The third-order valence-corrected chi connectivity index (χ3v) is 9.74. The molecule has 0 aliphatic carbocycles. The Morgan fingerprint density at radius 1 is 0.582 bits per heavy atom. The maximum Gasteiger partial charge on any atom is 0.306 e. The lowest BCUT2D eigenvalue weighted by Gasteiger charge is -2.28. The van der Waals surface area contributed by atoms with Crippen molar-refractivity contribution in [3.8, 4) is 0 Å². The van der Waals surface area contributed by atoms with Crippen molar-refractivity contribution in [2.75, 3.05) is 54.1 Å². The lowest BCUT2D eigenvalue weighted by molar-refractivity contribution is -0.870. The quantitative estimate of drug-likeness (QED) is 0.0201. The maximum absolute atomic E-state index is 12.5. The summed E-state index contributed by atoms with van der Waals surface area (Å²) in [6, 6.07) is 0. The second kappa shape index (κ2) is 38.8. The van der Waals surface area contributed by atoms with Crippen molar-refractivity contribution in [1.29, 1.82) is 0 Å². The molecule has 0 aliphatic rings. The normalized spacial score (nSPS) is 14.5. The van der Waals surface area contributed by atoms with Crippen LogP contribution in [0.25, 0.3) is 0 Å². The summed E-state index contributed by atoms with van der Waals surface area (Å²) in [6.45, 7) is 5.20. The van der Waals surface area contributed by atoms with Crippen molar-refractivity contribution in [3.05, 3.63) is 72.9 Å². The van der Waals surface area contributed by atoms with E-state index in [2.05, 4.69) is 86.8 Å². The fourth-order valence-electron chi connectivity index (χ4n) is 5.43. The average Bonchev–Trinajstić information content (AvgIpc) is 3.13. The van der Waals surface area contributed by atoms with Crippen LogP contribution < -0.4 is 4.89 Å². The van der Waals surface area contributed by atoms with E-state index in [1.807, 2.05) is 21.1 Å². The first-order chi connectivity index (χ1) is 26.6. The van der Waals surface area contributed by atoms with E-state index in [1.54, 1.807) is 0 Å². The highest BCUT2D eigenvalue weighted by molar-refractivity contribution is 7.45. The zero-order valence-electron chi connectivity index (χ0n) is 35.8. The number of unbranched alkanes of at least 4 members (excludes halogenated alkanes) is 13. The van der Waals surface area contributed by atoms with Gasteiger partial charge in [-0.1, -0.05) is 157 Å². The van der Waals surface area contributed by atoms with E-state index in [0.29, 0.717) is 24.1 Å². The third kappa shape index (κ3) is 42.9. The molecule has 318 valence electrons. The Hall–Kier alpha value is -2.06. The highest BCUT2D eigenvalue weighted by Crippen LogP contribution is 2.38. The van der Waals surface area contributed by atoms with Gasteiger partial charge in [-0.15, -0.1) is 0 Å². The first-order valence-corrected chi connectivity index (χ1v) is 23.1. The van der Waals surface area contributed by atoms with E-state index < -0.39 is 13.9 Å². The molecule has 55 heavy (non-hydrogen) atoms. The second-order valence-corrected chi connectivity index (χ2v) is 16.7. The molecule has 0 aromatic rings. The summed E-state index contributed by atoms with van der Waals surface area (Å²) in [7, 11) is 1.34. The zero-order valence-corrected chi connectivity index (χ0v) is 36.7. The smallest absolute Gasteiger partial charge is 0.306 e. The molecule has 8 nitrogen and oxygen atoms in total. The number of phosphoric ester groups is 1. The number of rotatable bonds is 39. The van der Waals surface area contributed by atoms with Crippen molar-refractivity contribution >= 4 is 13.8 Å². The molecule has 0 aliphatic heterocycles. The minimum atomic E-state index is -4.52. The number of hydrogen-bond acceptors (Lipinski definition) is 7. The lowest BCUT2D eigenvalue weighted by Crippen LogP contribution is -2.37. The molecule has 9 heteroatoms. The van der Waals surface area contributed by atoms with E-state index in [0.717, 1.165) is 83.5 Å². The highest BCUT2D eigenvalue weighted by atomic mass is 31.2. The first-order valence-electron chi connectivity index (χ1n) is 21.7. The predicted molar refractivity (Wildman–Crippen MR) is 231 cm³/mol. The number of esters is 1. The van der Waals surface area contributed by atoms with Crippen molar-refractivity contribution in [3.63, 3.8) is 0 Å². The van der Waals surface area contributed by atoms with Crippen LogP contribution in [0.1, 0.15) is 155 Å². The zero-order chi connectivity index (χ0) is 40.6. The van der Waals surface area contributed by atoms with Crippen molar-refractivity contribution in [1.82, 2.24) is 0 Å². The van der Waals surface area contributed by atoms with Crippen LogP contribution in [0.2, 0.25) is 0 Å². The van der Waals surface area contributed by atoms with Gasteiger partial charge in [0.2, 0.25) is 0 Å². The molecule has 0 radical (unpaired) electrons. The van der Waals surface area contributed by atoms with E-state index >= 15 is 0 Å². The molecule has 0 saturated carbocycles. The molecule has 0 aromatic carbocycles. The Labute approximate surface area is 338 Å². The van der Waals surface area contributed by atoms with Crippen LogP contribution in [0, 0.1) is 0 Å². The van der Waals surface area contributed by atoms with Crippen LogP contribution in [0.15, 0.2) is 72.9 Å². The molecule has 0 bridgehead atoms. The maximum atomic E-state index is 12.5. The van der Waals surface area contributed by atoms with Gasteiger partial charge >= 0.3 is 5.97 Å². The molecule has 2 atom stereocenters. The number of phosphoric acid groups is 1. The van der Waals surface area contributed by atoms with Crippen LogP contribution in [-0.2, 0) is 27.9 Å². The average molecular weight is 792 g/mol.